The second kappa shape index (κ2) is 9.28. The number of fused-ring (bicyclic) bond motifs is 1. The van der Waals surface area contributed by atoms with E-state index >= 15 is 0 Å². The molecule has 2 heterocycles. The molecule has 0 saturated carbocycles. The Hall–Kier alpha value is -3.58. The van der Waals surface area contributed by atoms with Gasteiger partial charge in [-0.1, -0.05) is 24.3 Å². The van der Waals surface area contributed by atoms with Crippen molar-refractivity contribution in [3.8, 4) is 11.5 Å². The molecule has 0 bridgehead atoms. The van der Waals surface area contributed by atoms with Gasteiger partial charge in [0.2, 0.25) is 5.78 Å². The largest absolute Gasteiger partial charge is 0.486 e. The predicted molar refractivity (Wildman–Crippen MR) is 117 cm³/mol. The van der Waals surface area contributed by atoms with Crippen LogP contribution in [-0.2, 0) is 17.9 Å². The number of carbonyl (C=O) groups is 2. The summed E-state index contributed by atoms with van der Waals surface area (Å²) >= 11 is 0. The van der Waals surface area contributed by atoms with Gasteiger partial charge in [0, 0.05) is 17.0 Å². The molecule has 3 aromatic rings. The van der Waals surface area contributed by atoms with Crippen LogP contribution in [0, 0.1) is 13.8 Å². The third kappa shape index (κ3) is 4.53. The zero-order chi connectivity index (χ0) is 22.7. The van der Waals surface area contributed by atoms with Crippen molar-refractivity contribution in [3.05, 3.63) is 82.7 Å². The van der Waals surface area contributed by atoms with Crippen LogP contribution in [0.2, 0.25) is 0 Å². The quantitative estimate of drug-likeness (QED) is 0.452. The van der Waals surface area contributed by atoms with Crippen LogP contribution in [0.15, 0.2) is 54.6 Å². The van der Waals surface area contributed by atoms with E-state index < -0.39 is 5.97 Å². The molecule has 0 spiro atoms. The van der Waals surface area contributed by atoms with Gasteiger partial charge >= 0.3 is 5.97 Å². The number of esters is 1. The first-order valence-corrected chi connectivity index (χ1v) is 10.4. The van der Waals surface area contributed by atoms with Crippen LogP contribution < -0.4 is 9.47 Å². The molecule has 4 rings (SSSR count). The number of ketones is 1. The van der Waals surface area contributed by atoms with Gasteiger partial charge < -0.3 is 23.9 Å². The van der Waals surface area contributed by atoms with Crippen molar-refractivity contribution in [2.45, 2.75) is 33.1 Å². The lowest BCUT2D eigenvalue weighted by molar-refractivity contribution is 0.0474. The fraction of sp³-hybridized carbons (Fsp3) is 0.280. The van der Waals surface area contributed by atoms with Gasteiger partial charge in [-0.2, -0.15) is 0 Å². The maximum atomic E-state index is 12.7. The van der Waals surface area contributed by atoms with Crippen LogP contribution in [0.4, 0.5) is 0 Å². The van der Waals surface area contributed by atoms with Gasteiger partial charge in [0.25, 0.3) is 0 Å². The monoisotopic (exact) mass is 435 g/mol. The number of ether oxygens (including phenoxy) is 3. The average molecular weight is 435 g/mol. The summed E-state index contributed by atoms with van der Waals surface area (Å²) < 4.78 is 19.1. The van der Waals surface area contributed by atoms with E-state index in [0.717, 1.165) is 17.1 Å². The Morgan fingerprint density at radius 3 is 2.53 bits per heavy atom. The Morgan fingerprint density at radius 2 is 1.81 bits per heavy atom. The molecule has 7 heteroatoms. The highest BCUT2D eigenvalue weighted by atomic mass is 16.6. The highest BCUT2D eigenvalue weighted by Gasteiger charge is 2.24. The molecular formula is C25H25NO6. The van der Waals surface area contributed by atoms with Crippen LogP contribution >= 0.6 is 0 Å². The van der Waals surface area contributed by atoms with E-state index in [1.54, 1.807) is 30.3 Å². The van der Waals surface area contributed by atoms with E-state index in [1.165, 1.54) is 0 Å². The van der Waals surface area contributed by atoms with Gasteiger partial charge in [0.15, 0.2) is 24.2 Å². The Bertz CT molecular complexity index is 1130. The summed E-state index contributed by atoms with van der Waals surface area (Å²) in [5.41, 5.74) is 3.25. The molecule has 1 aliphatic heterocycles. The minimum Gasteiger partial charge on any atom is -0.486 e. The Labute approximate surface area is 186 Å². The smallest absolute Gasteiger partial charge is 0.338 e. The maximum absolute atomic E-state index is 12.7. The molecule has 0 amide bonds. The number of rotatable bonds is 7. The van der Waals surface area contributed by atoms with E-state index in [0.29, 0.717) is 35.6 Å². The first-order valence-electron chi connectivity index (χ1n) is 10.4. The van der Waals surface area contributed by atoms with Crippen molar-refractivity contribution in [3.63, 3.8) is 0 Å². The molecule has 32 heavy (non-hydrogen) atoms. The van der Waals surface area contributed by atoms with E-state index in [2.05, 4.69) is 0 Å². The standard InChI is InChI=1S/C25H25NO6/c1-16-11-21(22(28)15-31-25(29)19-9-7-18(13-27)8-10-19)17(2)26(16)12-20-14-30-23-5-3-4-6-24(23)32-20/h3-11,20,27H,12-15H2,1-2H3/t20-/m0/s1. The molecule has 0 radical (unpaired) electrons. The molecule has 1 atom stereocenters. The summed E-state index contributed by atoms with van der Waals surface area (Å²) in [5, 5.41) is 9.09. The van der Waals surface area contributed by atoms with Crippen LogP contribution in [-0.4, -0.2) is 40.7 Å². The summed E-state index contributed by atoms with van der Waals surface area (Å²) in [6.45, 7) is 4.30. The molecule has 0 unspecified atom stereocenters. The molecule has 0 fully saturated rings. The SMILES string of the molecule is Cc1cc(C(=O)COC(=O)c2ccc(CO)cc2)c(C)n1C[C@H]1COc2ccccc2O1. The molecule has 0 aliphatic carbocycles. The van der Waals surface area contributed by atoms with Crippen molar-refractivity contribution in [1.82, 2.24) is 4.57 Å². The van der Waals surface area contributed by atoms with E-state index in [1.807, 2.05) is 42.7 Å². The number of aliphatic hydroxyl groups is 1. The summed E-state index contributed by atoms with van der Waals surface area (Å²) in [7, 11) is 0. The van der Waals surface area contributed by atoms with Crippen LogP contribution in [0.1, 0.15) is 37.7 Å². The van der Waals surface area contributed by atoms with Gasteiger partial charge in [0.05, 0.1) is 18.7 Å². The van der Waals surface area contributed by atoms with Crippen molar-refractivity contribution < 1.29 is 28.9 Å². The van der Waals surface area contributed by atoms with Crippen LogP contribution in [0.3, 0.4) is 0 Å². The second-order valence-electron chi connectivity index (χ2n) is 7.75. The highest BCUT2D eigenvalue weighted by molar-refractivity contribution is 6.00. The van der Waals surface area contributed by atoms with E-state index in [4.69, 9.17) is 19.3 Å². The second-order valence-corrected chi connectivity index (χ2v) is 7.75. The minimum absolute atomic E-state index is 0.103. The first kappa shape index (κ1) is 21.6. The van der Waals surface area contributed by atoms with Crippen molar-refractivity contribution in [1.29, 1.82) is 0 Å². The molecule has 1 aromatic heterocycles. The third-order valence-corrected chi connectivity index (χ3v) is 5.53. The molecule has 0 saturated heterocycles. The van der Waals surface area contributed by atoms with Crippen LogP contribution in [0.5, 0.6) is 11.5 Å². The lowest BCUT2D eigenvalue weighted by atomic mass is 10.1. The topological polar surface area (TPSA) is 87.0 Å². The minimum atomic E-state index is -0.580. The van der Waals surface area contributed by atoms with Crippen molar-refractivity contribution in [2.24, 2.45) is 0 Å². The number of nitrogens with zero attached hydrogens (tertiary/aromatic N) is 1. The zero-order valence-corrected chi connectivity index (χ0v) is 18.0. The van der Waals surface area contributed by atoms with Gasteiger partial charge in [0.1, 0.15) is 6.61 Å². The number of aliphatic hydroxyl groups excluding tert-OH is 1. The zero-order valence-electron chi connectivity index (χ0n) is 18.0. The average Bonchev–Trinajstić information content (AvgIpc) is 3.10. The van der Waals surface area contributed by atoms with E-state index in [-0.39, 0.29) is 25.1 Å². The first-order chi connectivity index (χ1) is 15.5. The summed E-state index contributed by atoms with van der Waals surface area (Å²) in [6.07, 6.45) is -0.183. The van der Waals surface area contributed by atoms with Gasteiger partial charge in [-0.3, -0.25) is 4.79 Å². The fourth-order valence-corrected chi connectivity index (χ4v) is 3.76. The summed E-state index contributed by atoms with van der Waals surface area (Å²) in [6, 6.07) is 15.8. The van der Waals surface area contributed by atoms with Crippen molar-refractivity contribution >= 4 is 11.8 Å². The highest BCUT2D eigenvalue weighted by Crippen LogP contribution is 2.31. The maximum Gasteiger partial charge on any atom is 0.338 e. The number of hydrogen-bond donors (Lipinski definition) is 1. The lowest BCUT2D eigenvalue weighted by Gasteiger charge is -2.27. The predicted octanol–water partition coefficient (Wildman–Crippen LogP) is 3.48. The van der Waals surface area contributed by atoms with Crippen molar-refractivity contribution in [2.75, 3.05) is 13.2 Å². The number of benzene rings is 2. The Morgan fingerprint density at radius 1 is 1.09 bits per heavy atom. The molecule has 2 aromatic carbocycles. The molecule has 7 nitrogen and oxygen atoms in total. The van der Waals surface area contributed by atoms with Crippen LogP contribution in [0.25, 0.3) is 0 Å². The Kier molecular flexibility index (Phi) is 6.28. The lowest BCUT2D eigenvalue weighted by Crippen LogP contribution is -2.33. The normalized spacial score (nSPS) is 14.8. The summed E-state index contributed by atoms with van der Waals surface area (Å²) in [4.78, 5) is 25.0. The number of carbonyl (C=O) groups excluding carboxylic acids is 2. The third-order valence-electron chi connectivity index (χ3n) is 5.53. The number of Topliss-reactive ketones (excluding diaryl/α,β-unsaturated/α-hetero) is 1. The summed E-state index contributed by atoms with van der Waals surface area (Å²) in [5.74, 6) is 0.591. The van der Waals surface area contributed by atoms with Gasteiger partial charge in [-0.15, -0.1) is 0 Å². The number of para-hydroxylation sites is 2. The van der Waals surface area contributed by atoms with Gasteiger partial charge in [-0.05, 0) is 49.7 Å². The molecule has 166 valence electrons. The molecular weight excluding hydrogens is 410 g/mol. The van der Waals surface area contributed by atoms with E-state index in [9.17, 15) is 9.59 Å². The number of hydrogen-bond acceptors (Lipinski definition) is 6. The van der Waals surface area contributed by atoms with Gasteiger partial charge in [-0.25, -0.2) is 4.79 Å². The molecule has 1 N–H and O–H groups in total. The number of aromatic nitrogens is 1. The number of aryl methyl sites for hydroxylation is 1. The fourth-order valence-electron chi connectivity index (χ4n) is 3.76. The Balaban J connectivity index is 1.39. The molecule has 1 aliphatic rings.